The highest BCUT2D eigenvalue weighted by molar-refractivity contribution is 6.01. The van der Waals surface area contributed by atoms with Gasteiger partial charge in [0.25, 0.3) is 0 Å². The van der Waals surface area contributed by atoms with Crippen molar-refractivity contribution >= 4 is 11.8 Å². The molecular formula is C17H24O4. The zero-order valence-corrected chi connectivity index (χ0v) is 13.0. The summed E-state index contributed by atoms with van der Waals surface area (Å²) in [6, 6.07) is 10.00. The third kappa shape index (κ3) is 7.04. The number of hydrogen-bond acceptors (Lipinski definition) is 4. The highest BCUT2D eigenvalue weighted by Crippen LogP contribution is 2.11. The molecule has 0 radical (unpaired) electrons. The van der Waals surface area contributed by atoms with Crippen LogP contribution in [-0.4, -0.2) is 28.6 Å². The fourth-order valence-corrected chi connectivity index (χ4v) is 1.90. The second kappa shape index (κ2) is 7.93. The molecule has 0 saturated heterocycles. The van der Waals surface area contributed by atoms with Crippen molar-refractivity contribution in [2.45, 2.75) is 58.2 Å². The number of aliphatic hydroxyl groups excluding tert-OH is 1. The van der Waals surface area contributed by atoms with E-state index in [-0.39, 0.29) is 6.42 Å². The van der Waals surface area contributed by atoms with Crippen LogP contribution in [0.5, 0.6) is 0 Å². The fourth-order valence-electron chi connectivity index (χ4n) is 1.90. The molecule has 1 aromatic carbocycles. The lowest BCUT2D eigenvalue weighted by atomic mass is 10.0. The largest absolute Gasteiger partial charge is 0.458 e. The molecule has 0 aliphatic heterocycles. The van der Waals surface area contributed by atoms with Crippen molar-refractivity contribution in [3.8, 4) is 0 Å². The van der Waals surface area contributed by atoms with E-state index in [0.29, 0.717) is 6.42 Å². The SMILES string of the molecule is CC(C)(C)OC(=O)C(O)C(=O)CCCCc1ccccc1. The van der Waals surface area contributed by atoms with Gasteiger partial charge < -0.3 is 9.84 Å². The van der Waals surface area contributed by atoms with Crippen molar-refractivity contribution < 1.29 is 19.4 Å². The summed E-state index contributed by atoms with van der Waals surface area (Å²) in [6.45, 7) is 5.09. The quantitative estimate of drug-likeness (QED) is 0.477. The number of carbonyl (C=O) groups excluding carboxylic acids is 2. The smallest absolute Gasteiger partial charge is 0.343 e. The molecule has 1 atom stereocenters. The first kappa shape index (κ1) is 17.4. The van der Waals surface area contributed by atoms with E-state index in [0.717, 1.165) is 12.8 Å². The van der Waals surface area contributed by atoms with Gasteiger partial charge >= 0.3 is 5.97 Å². The normalized spacial score (nSPS) is 12.8. The standard InChI is InChI=1S/C17H24O4/c1-17(2,3)21-16(20)15(19)14(18)12-8-7-11-13-9-5-4-6-10-13/h4-6,9-10,15,19H,7-8,11-12H2,1-3H3. The molecule has 116 valence electrons. The van der Waals surface area contributed by atoms with Gasteiger partial charge in [0.15, 0.2) is 5.78 Å². The number of esters is 1. The van der Waals surface area contributed by atoms with Crippen molar-refractivity contribution in [1.82, 2.24) is 0 Å². The Morgan fingerprint density at radius 1 is 1.14 bits per heavy atom. The molecule has 0 heterocycles. The number of ether oxygens (including phenoxy) is 1. The predicted molar refractivity (Wildman–Crippen MR) is 80.9 cm³/mol. The number of ketones is 1. The first-order valence-electron chi connectivity index (χ1n) is 7.27. The Kier molecular flexibility index (Phi) is 6.56. The summed E-state index contributed by atoms with van der Waals surface area (Å²) in [7, 11) is 0. The third-order valence-corrected chi connectivity index (χ3v) is 2.92. The third-order valence-electron chi connectivity index (χ3n) is 2.92. The van der Waals surface area contributed by atoms with Gasteiger partial charge in [-0.25, -0.2) is 4.79 Å². The summed E-state index contributed by atoms with van der Waals surface area (Å²) < 4.78 is 4.99. The molecule has 1 aromatic rings. The van der Waals surface area contributed by atoms with Crippen molar-refractivity contribution in [3.05, 3.63) is 35.9 Å². The number of Topliss-reactive ketones (excluding diaryl/α,β-unsaturated/α-hetero) is 1. The van der Waals surface area contributed by atoms with Crippen LogP contribution in [-0.2, 0) is 20.7 Å². The van der Waals surface area contributed by atoms with Gasteiger partial charge in [-0.2, -0.15) is 0 Å². The Hall–Kier alpha value is -1.68. The van der Waals surface area contributed by atoms with Crippen LogP contribution in [0.4, 0.5) is 0 Å². The number of unbranched alkanes of at least 4 members (excludes halogenated alkanes) is 1. The molecule has 0 fully saturated rings. The van der Waals surface area contributed by atoms with Gasteiger partial charge in [0, 0.05) is 6.42 Å². The van der Waals surface area contributed by atoms with Gasteiger partial charge in [-0.15, -0.1) is 0 Å². The van der Waals surface area contributed by atoms with Crippen LogP contribution >= 0.6 is 0 Å². The Morgan fingerprint density at radius 3 is 2.33 bits per heavy atom. The highest BCUT2D eigenvalue weighted by atomic mass is 16.6. The number of hydrogen-bond donors (Lipinski definition) is 1. The van der Waals surface area contributed by atoms with E-state index in [4.69, 9.17) is 4.74 Å². The van der Waals surface area contributed by atoms with Crippen molar-refractivity contribution in [3.63, 3.8) is 0 Å². The molecule has 21 heavy (non-hydrogen) atoms. The lowest BCUT2D eigenvalue weighted by Gasteiger charge is -2.21. The van der Waals surface area contributed by atoms with Crippen LogP contribution in [0.15, 0.2) is 30.3 Å². The van der Waals surface area contributed by atoms with Crippen molar-refractivity contribution in [2.24, 2.45) is 0 Å². The lowest BCUT2D eigenvalue weighted by Crippen LogP contribution is -2.36. The Bertz CT molecular complexity index is 459. The predicted octanol–water partition coefficient (Wildman–Crippen LogP) is 2.67. The fraction of sp³-hybridized carbons (Fsp3) is 0.529. The first-order valence-corrected chi connectivity index (χ1v) is 7.27. The first-order chi connectivity index (χ1) is 9.79. The molecule has 0 saturated carbocycles. The van der Waals surface area contributed by atoms with Crippen LogP contribution < -0.4 is 0 Å². The average molecular weight is 292 g/mol. The molecule has 0 spiro atoms. The van der Waals surface area contributed by atoms with E-state index in [1.807, 2.05) is 30.3 Å². The average Bonchev–Trinajstić information content (AvgIpc) is 2.41. The molecule has 1 unspecified atom stereocenters. The minimum atomic E-state index is -1.67. The highest BCUT2D eigenvalue weighted by Gasteiger charge is 2.28. The number of benzene rings is 1. The van der Waals surface area contributed by atoms with Gasteiger partial charge in [0.1, 0.15) is 5.60 Å². The van der Waals surface area contributed by atoms with Crippen LogP contribution in [0.25, 0.3) is 0 Å². The van der Waals surface area contributed by atoms with Crippen LogP contribution in [0.1, 0.15) is 45.6 Å². The summed E-state index contributed by atoms with van der Waals surface area (Å²) in [5.74, 6) is -1.34. The molecular weight excluding hydrogens is 268 g/mol. The zero-order chi connectivity index (χ0) is 15.9. The molecule has 1 rings (SSSR count). The minimum absolute atomic E-state index is 0.188. The van der Waals surface area contributed by atoms with E-state index in [9.17, 15) is 14.7 Å². The molecule has 0 amide bonds. The van der Waals surface area contributed by atoms with Gasteiger partial charge in [0.2, 0.25) is 6.10 Å². The van der Waals surface area contributed by atoms with Gasteiger partial charge in [-0.05, 0) is 45.6 Å². The maximum atomic E-state index is 11.7. The number of aliphatic hydroxyl groups is 1. The molecule has 0 aliphatic carbocycles. The van der Waals surface area contributed by atoms with Crippen molar-refractivity contribution in [1.29, 1.82) is 0 Å². The summed E-state index contributed by atoms with van der Waals surface area (Å²) >= 11 is 0. The molecule has 4 heteroatoms. The summed E-state index contributed by atoms with van der Waals surface area (Å²) in [4.78, 5) is 23.3. The van der Waals surface area contributed by atoms with Crippen LogP contribution in [0, 0.1) is 0 Å². The second-order valence-electron chi connectivity index (χ2n) is 6.10. The van der Waals surface area contributed by atoms with Crippen LogP contribution in [0.3, 0.4) is 0 Å². The minimum Gasteiger partial charge on any atom is -0.458 e. The van der Waals surface area contributed by atoms with E-state index < -0.39 is 23.5 Å². The molecule has 0 aromatic heterocycles. The monoisotopic (exact) mass is 292 g/mol. The molecule has 0 bridgehead atoms. The molecule has 0 aliphatic rings. The zero-order valence-electron chi connectivity index (χ0n) is 13.0. The van der Waals surface area contributed by atoms with Gasteiger partial charge in [-0.3, -0.25) is 4.79 Å². The summed E-state index contributed by atoms with van der Waals surface area (Å²) in [6.07, 6.45) is 0.898. The number of rotatable bonds is 7. The number of carbonyl (C=O) groups is 2. The van der Waals surface area contributed by atoms with Crippen molar-refractivity contribution in [2.75, 3.05) is 0 Å². The van der Waals surface area contributed by atoms with E-state index in [2.05, 4.69) is 0 Å². The Labute approximate surface area is 126 Å². The molecule has 1 N–H and O–H groups in total. The van der Waals surface area contributed by atoms with Gasteiger partial charge in [0.05, 0.1) is 0 Å². The lowest BCUT2D eigenvalue weighted by molar-refractivity contribution is -0.167. The Balaban J connectivity index is 2.28. The number of aryl methyl sites for hydroxylation is 1. The van der Waals surface area contributed by atoms with Crippen LogP contribution in [0.2, 0.25) is 0 Å². The summed E-state index contributed by atoms with van der Waals surface area (Å²) in [5, 5.41) is 9.64. The van der Waals surface area contributed by atoms with E-state index in [1.54, 1.807) is 20.8 Å². The second-order valence-corrected chi connectivity index (χ2v) is 6.10. The maximum absolute atomic E-state index is 11.7. The topological polar surface area (TPSA) is 63.6 Å². The van der Waals surface area contributed by atoms with E-state index in [1.165, 1.54) is 5.56 Å². The maximum Gasteiger partial charge on any atom is 0.343 e. The molecule has 4 nitrogen and oxygen atoms in total. The van der Waals surface area contributed by atoms with E-state index >= 15 is 0 Å². The Morgan fingerprint density at radius 2 is 1.76 bits per heavy atom. The summed E-state index contributed by atoms with van der Waals surface area (Å²) in [5.41, 5.74) is 0.517. The van der Waals surface area contributed by atoms with Gasteiger partial charge in [-0.1, -0.05) is 30.3 Å².